The van der Waals surface area contributed by atoms with E-state index in [0.717, 1.165) is 31.6 Å². The smallest absolute Gasteiger partial charge is 0.192 e. The van der Waals surface area contributed by atoms with Gasteiger partial charge in [-0.25, -0.2) is 0 Å². The molecule has 0 saturated heterocycles. The van der Waals surface area contributed by atoms with Crippen LogP contribution < -0.4 is 0 Å². The molecule has 1 rings (SSSR count). The highest BCUT2D eigenvalue weighted by atomic mass is 28.4. The van der Waals surface area contributed by atoms with E-state index in [0.29, 0.717) is 6.61 Å². The van der Waals surface area contributed by atoms with Crippen molar-refractivity contribution in [3.05, 3.63) is 0 Å². The van der Waals surface area contributed by atoms with Crippen LogP contribution in [-0.2, 0) is 4.43 Å². The molecule has 1 aliphatic rings. The lowest BCUT2D eigenvalue weighted by Gasteiger charge is -2.41. The molecule has 0 aliphatic heterocycles. The van der Waals surface area contributed by atoms with Gasteiger partial charge in [0.15, 0.2) is 8.32 Å². The van der Waals surface area contributed by atoms with Crippen LogP contribution in [0.15, 0.2) is 0 Å². The highest BCUT2D eigenvalue weighted by molar-refractivity contribution is 6.74. The van der Waals surface area contributed by atoms with Crippen molar-refractivity contribution in [3.8, 4) is 0 Å². The molecule has 0 atom stereocenters. The molecule has 2 nitrogen and oxygen atoms in total. The number of hydrogen-bond donors (Lipinski definition) is 1. The zero-order chi connectivity index (χ0) is 13.3. The fraction of sp³-hybridized carbons (Fsp3) is 1.00. The van der Waals surface area contributed by atoms with Gasteiger partial charge in [-0.2, -0.15) is 0 Å². The first-order valence-corrected chi connectivity index (χ1v) is 9.83. The lowest BCUT2D eigenvalue weighted by molar-refractivity contribution is -0.0460. The average molecular weight is 258 g/mol. The molecule has 17 heavy (non-hydrogen) atoms. The van der Waals surface area contributed by atoms with Crippen LogP contribution >= 0.6 is 0 Å². The number of rotatable bonds is 3. The molecule has 3 heteroatoms. The molecule has 1 saturated carbocycles. The van der Waals surface area contributed by atoms with Gasteiger partial charge in [-0.1, -0.05) is 27.7 Å². The van der Waals surface area contributed by atoms with E-state index in [2.05, 4.69) is 40.8 Å². The van der Waals surface area contributed by atoms with E-state index >= 15 is 0 Å². The van der Waals surface area contributed by atoms with Crippen molar-refractivity contribution in [2.24, 2.45) is 5.92 Å². The summed E-state index contributed by atoms with van der Waals surface area (Å²) in [7, 11) is -1.71. The average Bonchev–Trinajstić information content (AvgIpc) is 2.19. The van der Waals surface area contributed by atoms with Crippen LogP contribution in [-0.4, -0.2) is 25.6 Å². The van der Waals surface area contributed by atoms with E-state index in [1.165, 1.54) is 0 Å². The second kappa shape index (κ2) is 5.02. The maximum Gasteiger partial charge on any atom is 0.192 e. The lowest BCUT2D eigenvalue weighted by atomic mass is 9.80. The van der Waals surface area contributed by atoms with Gasteiger partial charge in [0.1, 0.15) is 0 Å². The minimum Gasteiger partial charge on any atom is -0.414 e. The first kappa shape index (κ1) is 15.2. The maximum absolute atomic E-state index is 10.5. The van der Waals surface area contributed by atoms with Crippen molar-refractivity contribution >= 4 is 8.32 Å². The standard InChI is InChI=1S/C14H30O2Si/c1-12-7-9-14(15,10-8-12)11-16-17(5,6)13(2,3)4/h12,15H,7-11H2,1-6H3. The van der Waals surface area contributed by atoms with Crippen LogP contribution in [0.2, 0.25) is 18.1 Å². The quantitative estimate of drug-likeness (QED) is 0.777. The van der Waals surface area contributed by atoms with Crippen molar-refractivity contribution in [2.75, 3.05) is 6.61 Å². The van der Waals surface area contributed by atoms with Crippen LogP contribution in [0.3, 0.4) is 0 Å². The molecule has 0 radical (unpaired) electrons. The predicted molar refractivity (Wildman–Crippen MR) is 75.7 cm³/mol. The Balaban J connectivity index is 2.50. The van der Waals surface area contributed by atoms with E-state index in [9.17, 15) is 5.11 Å². The molecule has 0 spiro atoms. The molecule has 0 amide bonds. The van der Waals surface area contributed by atoms with Crippen LogP contribution in [0.4, 0.5) is 0 Å². The summed E-state index contributed by atoms with van der Waals surface area (Å²) in [6.45, 7) is 14.0. The normalized spacial score (nSPS) is 31.6. The van der Waals surface area contributed by atoms with E-state index in [-0.39, 0.29) is 5.04 Å². The Labute approximate surface area is 108 Å². The molecule has 1 aliphatic carbocycles. The Morgan fingerprint density at radius 3 is 2.12 bits per heavy atom. The molecule has 0 bridgehead atoms. The Morgan fingerprint density at radius 2 is 1.71 bits per heavy atom. The summed E-state index contributed by atoms with van der Waals surface area (Å²) in [5.41, 5.74) is -0.554. The topological polar surface area (TPSA) is 29.5 Å². The zero-order valence-electron chi connectivity index (χ0n) is 12.5. The lowest BCUT2D eigenvalue weighted by Crippen LogP contribution is -2.47. The Hall–Kier alpha value is 0.137. The van der Waals surface area contributed by atoms with Gasteiger partial charge in [-0.3, -0.25) is 0 Å². The highest BCUT2D eigenvalue weighted by Gasteiger charge is 2.40. The van der Waals surface area contributed by atoms with Crippen LogP contribution in [0.1, 0.15) is 53.4 Å². The third-order valence-corrected chi connectivity index (χ3v) is 9.19. The molecule has 1 N–H and O–H groups in total. The molecule has 0 aromatic carbocycles. The summed E-state index contributed by atoms with van der Waals surface area (Å²) >= 11 is 0. The molecule has 0 aromatic rings. The van der Waals surface area contributed by atoms with Gasteiger partial charge < -0.3 is 9.53 Å². The molecular weight excluding hydrogens is 228 g/mol. The van der Waals surface area contributed by atoms with E-state index in [1.807, 2.05) is 0 Å². The predicted octanol–water partition coefficient (Wildman–Crippen LogP) is 3.95. The van der Waals surface area contributed by atoms with Crippen molar-refractivity contribution in [1.82, 2.24) is 0 Å². The third-order valence-electron chi connectivity index (χ3n) is 4.71. The summed E-state index contributed by atoms with van der Waals surface area (Å²) in [4.78, 5) is 0. The van der Waals surface area contributed by atoms with Crippen LogP contribution in [0, 0.1) is 5.92 Å². The molecule has 0 unspecified atom stereocenters. The fourth-order valence-corrected chi connectivity index (χ4v) is 3.04. The van der Waals surface area contributed by atoms with Gasteiger partial charge in [-0.15, -0.1) is 0 Å². The third kappa shape index (κ3) is 4.07. The first-order chi connectivity index (χ1) is 7.56. The van der Waals surface area contributed by atoms with Gasteiger partial charge in [0, 0.05) is 0 Å². The molecule has 102 valence electrons. The summed E-state index contributed by atoms with van der Waals surface area (Å²) in [5.74, 6) is 0.767. The second-order valence-electron chi connectivity index (χ2n) is 7.46. The van der Waals surface area contributed by atoms with Crippen molar-refractivity contribution in [2.45, 2.75) is 77.1 Å². The monoisotopic (exact) mass is 258 g/mol. The van der Waals surface area contributed by atoms with Gasteiger partial charge in [-0.05, 0) is 49.7 Å². The van der Waals surface area contributed by atoms with Gasteiger partial charge in [0.05, 0.1) is 12.2 Å². The SMILES string of the molecule is CC1CCC(O)(CO[Si](C)(C)C(C)(C)C)CC1. The number of hydrogen-bond acceptors (Lipinski definition) is 2. The van der Waals surface area contributed by atoms with Crippen molar-refractivity contribution in [1.29, 1.82) is 0 Å². The largest absolute Gasteiger partial charge is 0.414 e. The minimum absolute atomic E-state index is 0.227. The van der Waals surface area contributed by atoms with E-state index in [4.69, 9.17) is 4.43 Å². The van der Waals surface area contributed by atoms with Gasteiger partial charge in [0.25, 0.3) is 0 Å². The maximum atomic E-state index is 10.5. The van der Waals surface area contributed by atoms with E-state index in [1.54, 1.807) is 0 Å². The highest BCUT2D eigenvalue weighted by Crippen LogP contribution is 2.39. The summed E-state index contributed by atoms with van der Waals surface area (Å²) in [6.07, 6.45) is 4.08. The zero-order valence-corrected chi connectivity index (χ0v) is 13.5. The van der Waals surface area contributed by atoms with Crippen LogP contribution in [0.5, 0.6) is 0 Å². The fourth-order valence-electron chi connectivity index (χ4n) is 1.98. The van der Waals surface area contributed by atoms with Crippen molar-refractivity contribution < 1.29 is 9.53 Å². The first-order valence-electron chi connectivity index (χ1n) is 6.92. The Morgan fingerprint density at radius 1 is 1.24 bits per heavy atom. The Bertz CT molecular complexity index is 247. The summed E-state index contributed by atoms with van der Waals surface area (Å²) < 4.78 is 6.16. The summed E-state index contributed by atoms with van der Waals surface area (Å²) in [6, 6.07) is 0. The van der Waals surface area contributed by atoms with Gasteiger partial charge >= 0.3 is 0 Å². The molecule has 0 aromatic heterocycles. The summed E-state index contributed by atoms with van der Waals surface area (Å²) in [5, 5.41) is 10.7. The van der Waals surface area contributed by atoms with Crippen LogP contribution in [0.25, 0.3) is 0 Å². The second-order valence-corrected chi connectivity index (χ2v) is 12.3. The minimum atomic E-state index is -1.71. The van der Waals surface area contributed by atoms with E-state index < -0.39 is 13.9 Å². The number of aliphatic hydroxyl groups is 1. The van der Waals surface area contributed by atoms with Gasteiger partial charge in [0.2, 0.25) is 0 Å². The molecule has 1 fully saturated rings. The molecule has 0 heterocycles. The van der Waals surface area contributed by atoms with Crippen molar-refractivity contribution in [3.63, 3.8) is 0 Å². The molecular formula is C14H30O2Si. The Kier molecular flexibility index (Phi) is 4.49.